The van der Waals surface area contributed by atoms with Gasteiger partial charge in [-0.25, -0.2) is 0 Å². The Morgan fingerprint density at radius 3 is 2.61 bits per heavy atom. The maximum atomic E-state index is 11.3. The summed E-state index contributed by atoms with van der Waals surface area (Å²) in [6.45, 7) is 9.88. The molecule has 0 aliphatic carbocycles. The molecule has 0 saturated carbocycles. The lowest BCUT2D eigenvalue weighted by molar-refractivity contribution is -0.128. The first-order valence-electron chi connectivity index (χ1n) is 6.76. The molecular weight excluding hydrogens is 232 g/mol. The molecule has 0 unspecified atom stereocenters. The van der Waals surface area contributed by atoms with Crippen molar-refractivity contribution < 1.29 is 14.6 Å². The van der Waals surface area contributed by atoms with Crippen LogP contribution in [0.3, 0.4) is 0 Å². The summed E-state index contributed by atoms with van der Waals surface area (Å²) in [5.74, 6) is 0.139. The van der Waals surface area contributed by atoms with Crippen LogP contribution < -0.4 is 0 Å². The summed E-state index contributed by atoms with van der Waals surface area (Å²) >= 11 is 0. The van der Waals surface area contributed by atoms with E-state index in [1.165, 1.54) is 0 Å². The van der Waals surface area contributed by atoms with Gasteiger partial charge in [-0.15, -0.1) is 0 Å². The molecule has 1 aliphatic rings. The fraction of sp³-hybridized carbons (Fsp3) is 0.923. The summed E-state index contributed by atoms with van der Waals surface area (Å²) in [5, 5.41) is 9.87. The third kappa shape index (κ3) is 5.80. The highest BCUT2D eigenvalue weighted by molar-refractivity contribution is 5.73. The number of hydrogen-bond donors (Lipinski definition) is 1. The molecule has 1 fully saturated rings. The van der Waals surface area contributed by atoms with Crippen molar-refractivity contribution in [2.45, 2.75) is 39.4 Å². The van der Waals surface area contributed by atoms with Gasteiger partial charge in [0.25, 0.3) is 0 Å². The van der Waals surface area contributed by atoms with Gasteiger partial charge < -0.3 is 14.7 Å². The Morgan fingerprint density at radius 2 is 2.00 bits per heavy atom. The van der Waals surface area contributed by atoms with Crippen LogP contribution >= 0.6 is 0 Å². The summed E-state index contributed by atoms with van der Waals surface area (Å²) in [7, 11) is 0. The number of carbonyl (C=O) groups excluding carboxylic acids is 1. The molecule has 1 N–H and O–H groups in total. The molecule has 1 atom stereocenters. The van der Waals surface area contributed by atoms with E-state index in [0.717, 1.165) is 32.6 Å². The van der Waals surface area contributed by atoms with Crippen molar-refractivity contribution >= 4 is 5.91 Å². The molecule has 0 aromatic heterocycles. The first kappa shape index (κ1) is 15.4. The van der Waals surface area contributed by atoms with Crippen molar-refractivity contribution in [3.63, 3.8) is 0 Å². The Bertz CT molecular complexity index is 259. The van der Waals surface area contributed by atoms with Crippen molar-refractivity contribution in [1.29, 1.82) is 0 Å². The monoisotopic (exact) mass is 258 g/mol. The summed E-state index contributed by atoms with van der Waals surface area (Å²) in [6.07, 6.45) is 0.672. The second-order valence-electron chi connectivity index (χ2n) is 5.20. The minimum Gasteiger partial charge on any atom is -0.389 e. The van der Waals surface area contributed by atoms with E-state index in [1.807, 2.05) is 18.7 Å². The van der Waals surface area contributed by atoms with Crippen molar-refractivity contribution in [3.8, 4) is 0 Å². The van der Waals surface area contributed by atoms with Gasteiger partial charge >= 0.3 is 0 Å². The number of aliphatic hydroxyl groups excluding tert-OH is 1. The lowest BCUT2D eigenvalue weighted by Gasteiger charge is -2.24. The molecule has 1 aliphatic heterocycles. The smallest absolute Gasteiger partial charge is 0.219 e. The van der Waals surface area contributed by atoms with Crippen LogP contribution in [0.2, 0.25) is 0 Å². The van der Waals surface area contributed by atoms with Gasteiger partial charge in [-0.3, -0.25) is 9.69 Å². The largest absolute Gasteiger partial charge is 0.389 e. The zero-order valence-electron chi connectivity index (χ0n) is 11.8. The first-order chi connectivity index (χ1) is 8.49. The summed E-state index contributed by atoms with van der Waals surface area (Å²) < 4.78 is 5.39. The zero-order valence-corrected chi connectivity index (χ0v) is 11.8. The lowest BCUT2D eigenvalue weighted by atomic mass is 10.3. The molecular formula is C13H26N2O3. The predicted octanol–water partition coefficient (Wildman–Crippen LogP) is 0.327. The van der Waals surface area contributed by atoms with Crippen LogP contribution in [0, 0.1) is 0 Å². The van der Waals surface area contributed by atoms with E-state index in [4.69, 9.17) is 4.74 Å². The van der Waals surface area contributed by atoms with Crippen molar-refractivity contribution in [1.82, 2.24) is 9.80 Å². The van der Waals surface area contributed by atoms with Gasteiger partial charge in [0.15, 0.2) is 0 Å². The number of β-amino-alcohol motifs (C(OH)–C–C–N with tert-alkyl or cyclic N) is 1. The molecule has 0 radical (unpaired) electrons. The highest BCUT2D eigenvalue weighted by Crippen LogP contribution is 2.05. The van der Waals surface area contributed by atoms with E-state index >= 15 is 0 Å². The van der Waals surface area contributed by atoms with E-state index < -0.39 is 6.10 Å². The van der Waals surface area contributed by atoms with Crippen molar-refractivity contribution in [2.24, 2.45) is 0 Å². The Hall–Kier alpha value is -0.650. The van der Waals surface area contributed by atoms with E-state index in [1.54, 1.807) is 6.92 Å². The lowest BCUT2D eigenvalue weighted by Crippen LogP contribution is -2.38. The summed E-state index contributed by atoms with van der Waals surface area (Å²) in [4.78, 5) is 15.4. The number of hydrogen-bond acceptors (Lipinski definition) is 4. The maximum Gasteiger partial charge on any atom is 0.219 e. The highest BCUT2D eigenvalue weighted by Gasteiger charge is 2.18. The SMILES string of the molecule is CC(=O)N1CCCN(C[C@H](O)COC(C)C)CC1. The quantitative estimate of drug-likeness (QED) is 0.772. The molecule has 1 amide bonds. The normalized spacial score (nSPS) is 19.9. The number of nitrogens with zero attached hydrogens (tertiary/aromatic N) is 2. The number of ether oxygens (including phenoxy) is 1. The molecule has 0 aromatic carbocycles. The van der Waals surface area contributed by atoms with Crippen LogP contribution in [-0.2, 0) is 9.53 Å². The third-order valence-corrected chi connectivity index (χ3v) is 3.12. The van der Waals surface area contributed by atoms with Gasteiger partial charge in [0.1, 0.15) is 0 Å². The molecule has 5 nitrogen and oxygen atoms in total. The molecule has 0 bridgehead atoms. The van der Waals surface area contributed by atoms with Crippen LogP contribution in [0.25, 0.3) is 0 Å². The first-order valence-corrected chi connectivity index (χ1v) is 6.76. The van der Waals surface area contributed by atoms with E-state index in [9.17, 15) is 9.90 Å². The second-order valence-corrected chi connectivity index (χ2v) is 5.20. The Morgan fingerprint density at radius 1 is 1.28 bits per heavy atom. The van der Waals surface area contributed by atoms with Crippen LogP contribution in [0.4, 0.5) is 0 Å². The van der Waals surface area contributed by atoms with Crippen molar-refractivity contribution in [3.05, 3.63) is 0 Å². The van der Waals surface area contributed by atoms with Gasteiger partial charge in [0, 0.05) is 33.1 Å². The van der Waals surface area contributed by atoms with Crippen LogP contribution in [0.15, 0.2) is 0 Å². The highest BCUT2D eigenvalue weighted by atomic mass is 16.5. The maximum absolute atomic E-state index is 11.3. The Kier molecular flexibility index (Phi) is 6.60. The van der Waals surface area contributed by atoms with Crippen LogP contribution in [0.5, 0.6) is 0 Å². The van der Waals surface area contributed by atoms with Gasteiger partial charge in [-0.1, -0.05) is 0 Å². The number of aliphatic hydroxyl groups is 1. The molecule has 106 valence electrons. The Balaban J connectivity index is 2.28. The fourth-order valence-electron chi connectivity index (χ4n) is 2.12. The second kappa shape index (κ2) is 7.71. The van der Waals surface area contributed by atoms with E-state index in [0.29, 0.717) is 13.2 Å². The molecule has 0 aromatic rings. The van der Waals surface area contributed by atoms with E-state index in [-0.39, 0.29) is 12.0 Å². The molecule has 1 rings (SSSR count). The number of amides is 1. The van der Waals surface area contributed by atoms with Gasteiger partial charge in [-0.2, -0.15) is 0 Å². The standard InChI is InChI=1S/C13H26N2O3/c1-11(2)18-10-13(17)9-14-5-4-6-15(8-7-14)12(3)16/h11,13,17H,4-10H2,1-3H3/t13-/m0/s1. The average Bonchev–Trinajstić information content (AvgIpc) is 2.52. The number of carbonyl (C=O) groups is 1. The predicted molar refractivity (Wildman–Crippen MR) is 70.4 cm³/mol. The third-order valence-electron chi connectivity index (χ3n) is 3.12. The van der Waals surface area contributed by atoms with Crippen LogP contribution in [0.1, 0.15) is 27.2 Å². The van der Waals surface area contributed by atoms with E-state index in [2.05, 4.69) is 4.90 Å². The molecule has 1 heterocycles. The van der Waals surface area contributed by atoms with Crippen molar-refractivity contribution in [2.75, 3.05) is 39.3 Å². The minimum absolute atomic E-state index is 0.139. The molecule has 5 heteroatoms. The average molecular weight is 258 g/mol. The Labute approximate surface area is 110 Å². The summed E-state index contributed by atoms with van der Waals surface area (Å²) in [5.41, 5.74) is 0. The number of rotatable bonds is 5. The molecule has 1 saturated heterocycles. The summed E-state index contributed by atoms with van der Waals surface area (Å²) in [6, 6.07) is 0. The van der Waals surface area contributed by atoms with Crippen LogP contribution in [-0.4, -0.2) is 72.4 Å². The minimum atomic E-state index is -0.448. The topological polar surface area (TPSA) is 53.0 Å². The van der Waals surface area contributed by atoms with Gasteiger partial charge in [-0.05, 0) is 26.8 Å². The fourth-order valence-corrected chi connectivity index (χ4v) is 2.12. The zero-order chi connectivity index (χ0) is 13.5. The molecule has 18 heavy (non-hydrogen) atoms. The van der Waals surface area contributed by atoms with Gasteiger partial charge in [0.05, 0.1) is 18.8 Å². The molecule has 0 spiro atoms. The van der Waals surface area contributed by atoms with Gasteiger partial charge in [0.2, 0.25) is 5.91 Å².